The molecular formula is C27H32F3N7O2. The molecule has 2 saturated carbocycles. The van der Waals surface area contributed by atoms with Gasteiger partial charge >= 0.3 is 6.18 Å². The van der Waals surface area contributed by atoms with E-state index in [0.29, 0.717) is 71.5 Å². The van der Waals surface area contributed by atoms with Gasteiger partial charge in [-0.25, -0.2) is 15.0 Å². The van der Waals surface area contributed by atoms with Gasteiger partial charge in [0.15, 0.2) is 5.72 Å². The molecule has 5 N–H and O–H groups in total. The van der Waals surface area contributed by atoms with Crippen molar-refractivity contribution in [3.8, 4) is 0 Å². The van der Waals surface area contributed by atoms with Gasteiger partial charge in [0.2, 0.25) is 0 Å². The first kappa shape index (κ1) is 26.0. The van der Waals surface area contributed by atoms with Crippen molar-refractivity contribution in [1.82, 2.24) is 29.4 Å². The largest absolute Gasteiger partial charge is 0.416 e. The molecule has 1 aromatic carbocycles. The van der Waals surface area contributed by atoms with E-state index in [1.807, 2.05) is 0 Å². The highest BCUT2D eigenvalue weighted by atomic mass is 19.4. The number of nitrogens with two attached hydrogens (primary N) is 1. The highest BCUT2D eigenvalue weighted by Gasteiger charge is 2.49. The van der Waals surface area contributed by atoms with Gasteiger partial charge in [0, 0.05) is 31.1 Å². The molecule has 2 fully saturated rings. The van der Waals surface area contributed by atoms with Gasteiger partial charge in [0.05, 0.1) is 22.0 Å². The second kappa shape index (κ2) is 9.46. The van der Waals surface area contributed by atoms with Crippen LogP contribution in [0.3, 0.4) is 0 Å². The van der Waals surface area contributed by atoms with E-state index in [-0.39, 0.29) is 5.92 Å². The summed E-state index contributed by atoms with van der Waals surface area (Å²) < 4.78 is 40.6. The number of nitrogen functional groups attached to an aromatic ring is 1. The molecule has 0 aliphatic heterocycles. The van der Waals surface area contributed by atoms with Crippen molar-refractivity contribution in [2.75, 3.05) is 19.3 Å². The minimum absolute atomic E-state index is 0.0900. The number of rotatable bonds is 7. The Bertz CT molecular complexity index is 1500. The Hall–Kier alpha value is -3.22. The summed E-state index contributed by atoms with van der Waals surface area (Å²) in [6.07, 6.45) is 2.46. The Morgan fingerprint density at radius 3 is 2.79 bits per heavy atom. The van der Waals surface area contributed by atoms with E-state index < -0.39 is 23.6 Å². The molecule has 0 radical (unpaired) electrons. The molecule has 4 aromatic rings. The number of benzene rings is 1. The number of halogens is 3. The van der Waals surface area contributed by atoms with Gasteiger partial charge in [-0.2, -0.15) is 13.2 Å². The number of aliphatic hydroxyl groups is 2. The van der Waals surface area contributed by atoms with E-state index in [1.54, 1.807) is 16.8 Å². The maximum atomic E-state index is 13.0. The van der Waals surface area contributed by atoms with Crippen LogP contribution in [0.4, 0.5) is 19.0 Å². The Balaban J connectivity index is 1.02. The second-order valence-electron chi connectivity index (χ2n) is 11.2. The van der Waals surface area contributed by atoms with Crippen LogP contribution in [0.25, 0.3) is 22.1 Å². The van der Waals surface area contributed by atoms with Crippen molar-refractivity contribution < 1.29 is 23.4 Å². The Kier molecular flexibility index (Phi) is 6.31. The third-order valence-electron chi connectivity index (χ3n) is 8.74. The minimum atomic E-state index is -4.38. The van der Waals surface area contributed by atoms with Crippen molar-refractivity contribution in [2.24, 2.45) is 11.8 Å². The molecule has 0 saturated heterocycles. The average molecular weight is 544 g/mol. The van der Waals surface area contributed by atoms with Crippen molar-refractivity contribution in [3.05, 3.63) is 48.2 Å². The molecule has 3 atom stereocenters. The number of aromatic nitrogens is 5. The third kappa shape index (κ3) is 4.64. The zero-order valence-electron chi connectivity index (χ0n) is 21.6. The van der Waals surface area contributed by atoms with E-state index in [0.717, 1.165) is 31.4 Å². The zero-order valence-corrected chi connectivity index (χ0v) is 21.6. The molecular weight excluding hydrogens is 511 g/mol. The molecule has 0 spiro atoms. The molecule has 2 aliphatic carbocycles. The van der Waals surface area contributed by atoms with Crippen molar-refractivity contribution in [3.63, 3.8) is 0 Å². The fraction of sp³-hybridized carbons (Fsp3) is 0.519. The molecule has 12 heteroatoms. The Labute approximate surface area is 222 Å². The first-order chi connectivity index (χ1) is 18.5. The number of imidazole rings is 1. The summed E-state index contributed by atoms with van der Waals surface area (Å²) in [5.74, 6) is 1.46. The highest BCUT2D eigenvalue weighted by Crippen LogP contribution is 2.42. The van der Waals surface area contributed by atoms with E-state index in [1.165, 1.54) is 12.4 Å². The number of hydrogen-bond donors (Lipinski definition) is 4. The van der Waals surface area contributed by atoms with Crippen LogP contribution in [0.15, 0.2) is 36.8 Å². The second-order valence-corrected chi connectivity index (χ2v) is 11.2. The molecule has 3 heterocycles. The van der Waals surface area contributed by atoms with E-state index >= 15 is 0 Å². The lowest BCUT2D eigenvalue weighted by Gasteiger charge is -2.43. The monoisotopic (exact) mass is 543 g/mol. The molecule has 0 amide bonds. The van der Waals surface area contributed by atoms with E-state index in [9.17, 15) is 23.4 Å². The summed E-state index contributed by atoms with van der Waals surface area (Å²) in [4.78, 5) is 18.0. The quantitative estimate of drug-likeness (QED) is 0.280. The topological polar surface area (TPSA) is 129 Å². The normalized spacial score (nSPS) is 27.6. The number of aryl methyl sites for hydroxylation is 1. The molecule has 39 heavy (non-hydrogen) atoms. The summed E-state index contributed by atoms with van der Waals surface area (Å²) >= 11 is 0. The smallest absolute Gasteiger partial charge is 0.388 e. The fourth-order valence-corrected chi connectivity index (χ4v) is 6.33. The molecule has 3 unspecified atom stereocenters. The van der Waals surface area contributed by atoms with Gasteiger partial charge in [0.25, 0.3) is 0 Å². The summed E-state index contributed by atoms with van der Waals surface area (Å²) in [5.41, 5.74) is 5.26. The maximum Gasteiger partial charge on any atom is 0.416 e. The van der Waals surface area contributed by atoms with Crippen molar-refractivity contribution in [2.45, 2.75) is 62.6 Å². The fourth-order valence-electron chi connectivity index (χ4n) is 6.33. The van der Waals surface area contributed by atoms with Crippen LogP contribution >= 0.6 is 0 Å². The Morgan fingerprint density at radius 2 is 2.03 bits per heavy atom. The number of alkyl halides is 3. The van der Waals surface area contributed by atoms with Crippen LogP contribution in [0.5, 0.6) is 0 Å². The van der Waals surface area contributed by atoms with Crippen molar-refractivity contribution >= 4 is 27.9 Å². The number of aromatic amines is 1. The lowest BCUT2D eigenvalue weighted by atomic mass is 9.76. The highest BCUT2D eigenvalue weighted by molar-refractivity contribution is 5.86. The maximum absolute atomic E-state index is 13.0. The summed E-state index contributed by atoms with van der Waals surface area (Å²) in [5, 5.41) is 23.3. The molecule has 9 nitrogen and oxygen atoms in total. The number of H-pyrrole nitrogens is 1. The predicted octanol–water partition coefficient (Wildman–Crippen LogP) is 3.67. The first-order valence-corrected chi connectivity index (χ1v) is 13.3. The number of hydrogen-bond acceptors (Lipinski definition) is 7. The molecule has 3 aromatic heterocycles. The van der Waals surface area contributed by atoms with Gasteiger partial charge in [-0.05, 0) is 69.3 Å². The van der Waals surface area contributed by atoms with E-state index in [2.05, 4.69) is 31.9 Å². The SMILES string of the molecule is CN(CC1CCC(O)(n2ccc3c(N)ncnc32)C1O)C1CC(CCc2nc3ccc(C(F)(F)F)cc3[nH]2)C1. The number of fused-ring (bicyclic) bond motifs is 2. The number of nitrogens with one attached hydrogen (secondary N) is 1. The first-order valence-electron chi connectivity index (χ1n) is 13.3. The Morgan fingerprint density at radius 1 is 1.23 bits per heavy atom. The van der Waals surface area contributed by atoms with Gasteiger partial charge in [-0.3, -0.25) is 0 Å². The molecule has 208 valence electrons. The predicted molar refractivity (Wildman–Crippen MR) is 139 cm³/mol. The van der Waals surface area contributed by atoms with Gasteiger partial charge < -0.3 is 30.4 Å². The van der Waals surface area contributed by atoms with Crippen LogP contribution in [-0.2, 0) is 18.3 Å². The van der Waals surface area contributed by atoms with Gasteiger partial charge in [-0.15, -0.1) is 0 Å². The zero-order chi connectivity index (χ0) is 27.5. The minimum Gasteiger partial charge on any atom is -0.388 e. The van der Waals surface area contributed by atoms with Crippen LogP contribution in [-0.4, -0.2) is 65.4 Å². The summed E-state index contributed by atoms with van der Waals surface area (Å²) in [7, 11) is 2.06. The third-order valence-corrected chi connectivity index (χ3v) is 8.74. The molecule has 6 rings (SSSR count). The summed E-state index contributed by atoms with van der Waals surface area (Å²) in [6.45, 7) is 0.669. The van der Waals surface area contributed by atoms with E-state index in [4.69, 9.17) is 5.73 Å². The van der Waals surface area contributed by atoms with Crippen LogP contribution < -0.4 is 5.73 Å². The van der Waals surface area contributed by atoms with Crippen molar-refractivity contribution in [1.29, 1.82) is 0 Å². The number of nitrogens with zero attached hydrogens (tertiary/aromatic N) is 5. The van der Waals surface area contributed by atoms with Crippen LogP contribution in [0, 0.1) is 11.8 Å². The van der Waals surface area contributed by atoms with Crippen LogP contribution in [0.2, 0.25) is 0 Å². The summed E-state index contributed by atoms with van der Waals surface area (Å²) in [6, 6.07) is 5.73. The van der Waals surface area contributed by atoms with Crippen LogP contribution in [0.1, 0.15) is 43.5 Å². The number of aliphatic hydroxyl groups excluding tert-OH is 1. The lowest BCUT2D eigenvalue weighted by molar-refractivity contribution is -0.137. The lowest BCUT2D eigenvalue weighted by Crippen LogP contribution is -2.48. The van der Waals surface area contributed by atoms with Gasteiger partial charge in [-0.1, -0.05) is 0 Å². The molecule has 0 bridgehead atoms. The van der Waals surface area contributed by atoms with Gasteiger partial charge in [0.1, 0.15) is 29.7 Å². The standard InChI is InChI=1S/C27H32F3N7O2/c1-36(13-16-6-8-26(39,23(16)38)37-9-7-19-24(31)32-14-33-25(19)37)18-10-15(11-18)2-5-22-34-20-4-3-17(27(28,29)30)12-21(20)35-22/h3-4,7,9,12,14-16,18,23,38-39H,2,5-6,8,10-11,13H2,1H3,(H,34,35)(H2,31,32,33). The average Bonchev–Trinajstić information content (AvgIpc) is 3.55. The molecule has 2 aliphatic rings. The number of anilines is 1.